The summed E-state index contributed by atoms with van der Waals surface area (Å²) in [7, 11) is 0. The smallest absolute Gasteiger partial charge is 0.310 e. The highest BCUT2D eigenvalue weighted by molar-refractivity contribution is 9.09. The van der Waals surface area contributed by atoms with Crippen molar-refractivity contribution in [1.82, 2.24) is 0 Å². The molecule has 1 heterocycles. The Bertz CT molecular complexity index is 265. The predicted molar refractivity (Wildman–Crippen MR) is 46.4 cm³/mol. The average molecular weight is 249 g/mol. The van der Waals surface area contributed by atoms with Gasteiger partial charge < -0.3 is 9.84 Å². The molecule has 0 aromatic carbocycles. The minimum absolute atomic E-state index is 0.00343. The second-order valence-electron chi connectivity index (χ2n) is 3.51. The van der Waals surface area contributed by atoms with E-state index >= 15 is 0 Å². The summed E-state index contributed by atoms with van der Waals surface area (Å²) in [6.07, 6.45) is 0.912. The number of carbonyl (C=O) groups excluding carboxylic acids is 1. The zero-order chi connectivity index (χ0) is 9.59. The molecule has 1 saturated carbocycles. The Hall–Kier alpha value is -0.580. The van der Waals surface area contributed by atoms with Gasteiger partial charge in [-0.05, 0) is 12.8 Å². The lowest BCUT2D eigenvalue weighted by molar-refractivity contribution is -0.150. The fourth-order valence-electron chi connectivity index (χ4n) is 2.01. The standard InChI is InChI=1S/C8H9BrO4/c9-5-1-3(7(10)11)4-2-6(5)13-8(4)12/h3-6H,1-2H2,(H,10,11)/t3-,4+,5+,6-/m1/s1. The van der Waals surface area contributed by atoms with Crippen molar-refractivity contribution in [1.29, 1.82) is 0 Å². The largest absolute Gasteiger partial charge is 0.481 e. The molecule has 0 aromatic heterocycles. The van der Waals surface area contributed by atoms with E-state index in [0.29, 0.717) is 12.8 Å². The van der Waals surface area contributed by atoms with Crippen LogP contribution in [0.3, 0.4) is 0 Å². The number of halogens is 1. The highest BCUT2D eigenvalue weighted by Gasteiger charge is 2.50. The number of rotatable bonds is 1. The quantitative estimate of drug-likeness (QED) is 0.551. The summed E-state index contributed by atoms with van der Waals surface area (Å²) < 4.78 is 5.03. The van der Waals surface area contributed by atoms with Crippen molar-refractivity contribution in [2.75, 3.05) is 0 Å². The van der Waals surface area contributed by atoms with E-state index in [1.54, 1.807) is 0 Å². The van der Waals surface area contributed by atoms with E-state index in [1.807, 2.05) is 0 Å². The third-order valence-electron chi connectivity index (χ3n) is 2.74. The highest BCUT2D eigenvalue weighted by Crippen LogP contribution is 2.41. The molecule has 2 fully saturated rings. The first kappa shape index (κ1) is 8.99. The molecule has 4 nitrogen and oxygen atoms in total. The minimum atomic E-state index is -0.897. The van der Waals surface area contributed by atoms with Crippen LogP contribution in [0.1, 0.15) is 12.8 Å². The lowest BCUT2D eigenvalue weighted by atomic mass is 9.80. The molecule has 1 N–H and O–H groups in total. The Balaban J connectivity index is 2.22. The maximum absolute atomic E-state index is 11.2. The van der Waals surface area contributed by atoms with Crippen LogP contribution >= 0.6 is 15.9 Å². The van der Waals surface area contributed by atoms with E-state index in [-0.39, 0.29) is 16.9 Å². The zero-order valence-electron chi connectivity index (χ0n) is 6.77. The summed E-state index contributed by atoms with van der Waals surface area (Å²) in [4.78, 5) is 22.0. The monoisotopic (exact) mass is 248 g/mol. The molecule has 13 heavy (non-hydrogen) atoms. The van der Waals surface area contributed by atoms with E-state index in [1.165, 1.54) is 0 Å². The van der Waals surface area contributed by atoms with Crippen LogP contribution in [-0.4, -0.2) is 28.0 Å². The van der Waals surface area contributed by atoms with Crippen molar-refractivity contribution < 1.29 is 19.4 Å². The second kappa shape index (κ2) is 2.97. The molecule has 2 rings (SSSR count). The Morgan fingerprint density at radius 1 is 1.54 bits per heavy atom. The Morgan fingerprint density at radius 3 is 2.85 bits per heavy atom. The molecule has 5 heteroatoms. The fraction of sp³-hybridized carbons (Fsp3) is 0.750. The first-order valence-electron chi connectivity index (χ1n) is 4.17. The van der Waals surface area contributed by atoms with Crippen molar-refractivity contribution >= 4 is 27.9 Å². The summed E-state index contributed by atoms with van der Waals surface area (Å²) in [5.41, 5.74) is 0. The number of ether oxygens (including phenoxy) is 1. The van der Waals surface area contributed by atoms with Crippen LogP contribution < -0.4 is 0 Å². The third-order valence-corrected chi connectivity index (χ3v) is 3.71. The second-order valence-corrected chi connectivity index (χ2v) is 4.69. The molecule has 0 amide bonds. The van der Waals surface area contributed by atoms with Gasteiger partial charge in [-0.2, -0.15) is 0 Å². The summed E-state index contributed by atoms with van der Waals surface area (Å²) in [6, 6.07) is 0. The van der Waals surface area contributed by atoms with Crippen LogP contribution in [0.25, 0.3) is 0 Å². The lowest BCUT2D eigenvalue weighted by Gasteiger charge is -2.25. The third kappa shape index (κ3) is 1.35. The van der Waals surface area contributed by atoms with Crippen molar-refractivity contribution in [3.63, 3.8) is 0 Å². The zero-order valence-corrected chi connectivity index (χ0v) is 8.36. The molecule has 0 unspecified atom stereocenters. The van der Waals surface area contributed by atoms with Crippen LogP contribution in [0.15, 0.2) is 0 Å². The van der Waals surface area contributed by atoms with Gasteiger partial charge in [0.2, 0.25) is 0 Å². The van der Waals surface area contributed by atoms with Gasteiger partial charge in [0.15, 0.2) is 0 Å². The van der Waals surface area contributed by atoms with Crippen molar-refractivity contribution in [3.05, 3.63) is 0 Å². The first-order chi connectivity index (χ1) is 6.09. The van der Waals surface area contributed by atoms with Crippen LogP contribution in [0, 0.1) is 11.8 Å². The number of fused-ring (bicyclic) bond motifs is 2. The van der Waals surface area contributed by atoms with E-state index < -0.39 is 17.8 Å². The molecular weight excluding hydrogens is 240 g/mol. The molecule has 2 aliphatic rings. The molecule has 1 aliphatic carbocycles. The Morgan fingerprint density at radius 2 is 2.23 bits per heavy atom. The van der Waals surface area contributed by atoms with Gasteiger partial charge in [-0.1, -0.05) is 15.9 Å². The number of aliphatic carboxylic acids is 1. The molecule has 4 atom stereocenters. The van der Waals surface area contributed by atoms with Crippen LogP contribution in [0.5, 0.6) is 0 Å². The number of carboxylic acid groups (broad SMARTS) is 1. The Kier molecular flexibility index (Phi) is 2.06. The van der Waals surface area contributed by atoms with Gasteiger partial charge in [-0.15, -0.1) is 0 Å². The normalized spacial score (nSPS) is 43.0. The van der Waals surface area contributed by atoms with Crippen molar-refractivity contribution in [2.24, 2.45) is 11.8 Å². The molecule has 0 spiro atoms. The topological polar surface area (TPSA) is 63.6 Å². The maximum atomic E-state index is 11.2. The summed E-state index contributed by atoms with van der Waals surface area (Å²) >= 11 is 3.34. The minimum Gasteiger partial charge on any atom is -0.481 e. The van der Waals surface area contributed by atoms with Gasteiger partial charge in [-0.3, -0.25) is 9.59 Å². The van der Waals surface area contributed by atoms with E-state index in [4.69, 9.17) is 9.84 Å². The van der Waals surface area contributed by atoms with Crippen LogP contribution in [-0.2, 0) is 14.3 Å². The van der Waals surface area contributed by atoms with Gasteiger partial charge in [0, 0.05) is 0 Å². The van der Waals surface area contributed by atoms with Gasteiger partial charge in [0.05, 0.1) is 16.7 Å². The molecule has 1 saturated heterocycles. The maximum Gasteiger partial charge on any atom is 0.310 e. The summed E-state index contributed by atoms with van der Waals surface area (Å²) in [6.45, 7) is 0. The average Bonchev–Trinajstić information content (AvgIpc) is 2.37. The fourth-order valence-corrected chi connectivity index (χ4v) is 2.74. The van der Waals surface area contributed by atoms with E-state index in [0.717, 1.165) is 0 Å². The molecule has 1 aliphatic heterocycles. The molecule has 72 valence electrons. The summed E-state index contributed by atoms with van der Waals surface area (Å²) in [5, 5.41) is 8.87. The number of carbonyl (C=O) groups is 2. The van der Waals surface area contributed by atoms with Gasteiger partial charge in [0.1, 0.15) is 6.10 Å². The number of alkyl halides is 1. The van der Waals surface area contributed by atoms with Crippen molar-refractivity contribution in [3.8, 4) is 0 Å². The van der Waals surface area contributed by atoms with Gasteiger partial charge >= 0.3 is 11.9 Å². The molecule has 0 aromatic rings. The van der Waals surface area contributed by atoms with Gasteiger partial charge in [-0.25, -0.2) is 0 Å². The summed E-state index contributed by atoms with van der Waals surface area (Å²) in [5.74, 6) is -2.24. The Labute approximate surface area is 83.4 Å². The molecule has 0 radical (unpaired) electrons. The van der Waals surface area contributed by atoms with Crippen LogP contribution in [0.2, 0.25) is 0 Å². The lowest BCUT2D eigenvalue weighted by Crippen LogP contribution is -2.34. The number of hydrogen-bond acceptors (Lipinski definition) is 3. The molecule has 2 bridgehead atoms. The SMILES string of the molecule is O=C1O[C@@H]2C[C@H]1[C@H](C(=O)O)C[C@@H]2Br. The van der Waals surface area contributed by atoms with E-state index in [9.17, 15) is 9.59 Å². The van der Waals surface area contributed by atoms with E-state index in [2.05, 4.69) is 15.9 Å². The first-order valence-corrected chi connectivity index (χ1v) is 5.08. The number of esters is 1. The van der Waals surface area contributed by atoms with Crippen LogP contribution in [0.4, 0.5) is 0 Å². The van der Waals surface area contributed by atoms with Crippen molar-refractivity contribution in [2.45, 2.75) is 23.8 Å². The predicted octanol–water partition coefficient (Wildman–Crippen LogP) is 0.786. The number of carboxylic acids is 1. The number of hydrogen-bond donors (Lipinski definition) is 1. The highest BCUT2D eigenvalue weighted by atomic mass is 79.9. The van der Waals surface area contributed by atoms with Gasteiger partial charge in [0.25, 0.3) is 0 Å². The molecular formula is C8H9BrO4.